The van der Waals surface area contributed by atoms with Gasteiger partial charge in [0.25, 0.3) is 0 Å². The Morgan fingerprint density at radius 3 is 0.992 bits per heavy atom. The quantitative estimate of drug-likeness (QED) is 0.0655. The summed E-state index contributed by atoms with van der Waals surface area (Å²) in [5, 5.41) is 16.7. The molecule has 6 aromatic carbocycles. The van der Waals surface area contributed by atoms with Gasteiger partial charge in [-0.1, -0.05) is 71.8 Å². The standard InChI is InChI=1S/C15H13F6NO4S.C15H13F3N2O.C15H16F3NO2.C14H14F3NO2.C13H14N2.C13H17NO/c16-14(17,18)13(23)22-5-1-2-10-11-7-9(4-3-8(11)6-12(10)22)26-27(24,25)15(19,20)21;1-19-10-5-4-9-7-13-11(12(9)8-10)3-2-6-20(13)14(21)15(16,17)18;1-21-10-5-4-9-7-13-11(12(9)8-10)3-2-6-19(13)14(20)15(16,17)18;15-14(16,17)13(20)18-5-1-2-10-11-7-9(19)4-3-8(11)6-12(10)18;1-14-10-5-4-9-7-13-11(12(9)8-10)3-2-6-15-13;1-15-10-5-4-9-7-13-11(12(9)8-10)3-2-6-14-13/h3-4,7,10,12H,1-2,5-6H2;4-5,8,11,13H,2-3,6-7H2;4-5,8,11,13H,2-3,6-7H2,1H3;3-4,7,10,12,19H,1-2,5-6H2;4-5,8,11,13,15H,2-3,6-7H2;4-5,8,11,13-14H,2-3,6-7H2,1H3/t10?,12-;2*11?,13-;10?,12-;2*11?,13-/m000000/s1. The molecular weight excluding hydrogens is 1610 g/mol. The zero-order chi connectivity index (χ0) is 85.6. The van der Waals surface area contributed by atoms with Crippen LogP contribution in [-0.2, 0) is 67.8 Å². The molecular formula is C85H87F15N8O10S. The maximum atomic E-state index is 12.8. The number of rotatable bonds is 4. The van der Waals surface area contributed by atoms with Crippen LogP contribution in [-0.4, -0.2) is 177 Å². The van der Waals surface area contributed by atoms with Crippen LogP contribution in [0.2, 0.25) is 0 Å². The minimum Gasteiger partial charge on any atom is -0.508 e. The van der Waals surface area contributed by atoms with Crippen molar-refractivity contribution in [3.8, 4) is 23.0 Å². The fourth-order valence-corrected chi connectivity index (χ4v) is 20.5. The second-order valence-electron chi connectivity index (χ2n) is 31.9. The molecule has 0 spiro atoms. The van der Waals surface area contributed by atoms with Gasteiger partial charge in [0.15, 0.2) is 11.4 Å². The lowest BCUT2D eigenvalue weighted by molar-refractivity contribution is -0.189. The van der Waals surface area contributed by atoms with Gasteiger partial charge < -0.3 is 49.0 Å². The summed E-state index contributed by atoms with van der Waals surface area (Å²) in [6.45, 7) is 16.9. The number of benzene rings is 6. The fourth-order valence-electron chi connectivity index (χ4n) is 20.1. The van der Waals surface area contributed by atoms with Crippen molar-refractivity contribution in [2.45, 2.75) is 218 Å². The molecule has 3 N–H and O–H groups in total. The number of likely N-dealkylation sites (tertiary alicyclic amines) is 4. The minimum atomic E-state index is -5.85. The van der Waals surface area contributed by atoms with E-state index in [1.165, 1.54) is 73.0 Å². The second kappa shape index (κ2) is 34.7. The average molecular weight is 1700 g/mol. The second-order valence-corrected chi connectivity index (χ2v) is 33.5. The van der Waals surface area contributed by atoms with Crippen molar-refractivity contribution in [3.63, 3.8) is 0 Å². The number of nitrogens with one attached hydrogen (secondary N) is 2. The highest BCUT2D eigenvalue weighted by atomic mass is 32.2. The number of phenolic OH excluding ortho intramolecular Hbond substituents is 1. The highest BCUT2D eigenvalue weighted by Crippen LogP contribution is 2.51. The number of carbonyl (C=O) groups excluding carboxylic acids is 4. The molecule has 6 unspecified atom stereocenters. The third kappa shape index (κ3) is 18.6. The van der Waals surface area contributed by atoms with Crippen molar-refractivity contribution in [1.82, 2.24) is 30.2 Å². The van der Waals surface area contributed by atoms with Gasteiger partial charge in [-0.25, -0.2) is 9.69 Å². The monoisotopic (exact) mass is 1700 g/mol. The van der Waals surface area contributed by atoms with Crippen molar-refractivity contribution < 1.29 is 112 Å². The van der Waals surface area contributed by atoms with Crippen LogP contribution in [0.4, 0.5) is 77.2 Å². The number of piperidine rings is 6. The Bertz CT molecular complexity index is 5010. The molecule has 0 saturated carbocycles. The molecule has 0 aromatic heterocycles. The molecule has 6 saturated heterocycles. The number of fused-ring (bicyclic) bond motifs is 18. The van der Waals surface area contributed by atoms with Gasteiger partial charge in [0, 0.05) is 86.1 Å². The lowest BCUT2D eigenvalue weighted by Crippen LogP contribution is -2.51. The molecule has 0 bridgehead atoms. The highest BCUT2D eigenvalue weighted by molar-refractivity contribution is 7.88. The van der Waals surface area contributed by atoms with E-state index in [1.807, 2.05) is 24.3 Å². The van der Waals surface area contributed by atoms with E-state index in [0.29, 0.717) is 85.5 Å². The van der Waals surface area contributed by atoms with Gasteiger partial charge in [-0.3, -0.25) is 19.2 Å². The fraction of sp³-hybridized carbons (Fsp3) is 0.506. The Hall–Kier alpha value is -9.80. The van der Waals surface area contributed by atoms with Crippen molar-refractivity contribution in [1.29, 1.82) is 0 Å². The Morgan fingerprint density at radius 1 is 0.387 bits per heavy atom. The maximum Gasteiger partial charge on any atom is 0.534 e. The first-order valence-corrected chi connectivity index (χ1v) is 41.0. The molecule has 119 heavy (non-hydrogen) atoms. The summed E-state index contributed by atoms with van der Waals surface area (Å²) in [6.07, 6.45) is -5.70. The highest BCUT2D eigenvalue weighted by Gasteiger charge is 2.55. The van der Waals surface area contributed by atoms with Crippen LogP contribution in [0.5, 0.6) is 23.0 Å². The molecule has 638 valence electrons. The Labute approximate surface area is 677 Å². The molecule has 0 radical (unpaired) electrons. The van der Waals surface area contributed by atoms with Crippen LogP contribution in [0.3, 0.4) is 0 Å². The van der Waals surface area contributed by atoms with E-state index in [0.717, 1.165) is 115 Å². The third-order valence-corrected chi connectivity index (χ3v) is 26.2. The first-order chi connectivity index (χ1) is 56.3. The van der Waals surface area contributed by atoms with Crippen LogP contribution >= 0.6 is 0 Å². The van der Waals surface area contributed by atoms with Gasteiger partial charge in [0.1, 0.15) is 23.0 Å². The predicted molar refractivity (Wildman–Crippen MR) is 405 cm³/mol. The molecule has 18 rings (SSSR count). The lowest BCUT2D eigenvalue weighted by atomic mass is 9.88. The summed E-state index contributed by atoms with van der Waals surface area (Å²) in [6, 6.07) is 31.1. The molecule has 12 atom stereocenters. The van der Waals surface area contributed by atoms with E-state index in [-0.39, 0.29) is 68.6 Å². The first-order valence-electron chi connectivity index (χ1n) is 39.6. The number of ether oxygens (including phenoxy) is 2. The van der Waals surface area contributed by atoms with Crippen LogP contribution in [0.1, 0.15) is 179 Å². The third-order valence-electron chi connectivity index (χ3n) is 25.2. The summed E-state index contributed by atoms with van der Waals surface area (Å²) in [7, 11) is -2.55. The van der Waals surface area contributed by atoms with Gasteiger partial charge >= 0.3 is 64.0 Å². The normalized spacial score (nSPS) is 25.1. The predicted octanol–water partition coefficient (Wildman–Crippen LogP) is 16.7. The lowest BCUT2D eigenvalue weighted by Gasteiger charge is -2.38. The van der Waals surface area contributed by atoms with Crippen LogP contribution in [0, 0.1) is 13.1 Å². The topological polar surface area (TPSA) is 196 Å². The SMILES string of the molecule is COc1ccc2c(c1)C1CCCN(C(=O)C(F)(F)F)[C@H]1C2.COc1ccc2c(c1)C1CCCN[C@H]1C2.O=C(N1CCCC2c3cc(O)ccc3C[C@@H]21)C(F)(F)F.O=C(N1CCCC2c3cc(OS(=O)(=O)C(F)(F)F)ccc3C[C@@H]21)C(F)(F)F.[C-]#[N+]c1ccc2c(c1)C1CCCN(C(=O)C(F)(F)F)[C@H]1C2.[C-]#[N+]c1ccc2c(c1)C1CCCN[C@H]1C2. The zero-order valence-electron chi connectivity index (χ0n) is 64.7. The van der Waals surface area contributed by atoms with E-state index in [2.05, 4.69) is 54.8 Å². The molecule has 6 aliphatic heterocycles. The summed E-state index contributed by atoms with van der Waals surface area (Å²) >= 11 is 0. The van der Waals surface area contributed by atoms with Crippen molar-refractivity contribution in [2.24, 2.45) is 0 Å². The summed E-state index contributed by atoms with van der Waals surface area (Å²) < 4.78 is 227. The van der Waals surface area contributed by atoms with Gasteiger partial charge in [0.05, 0.1) is 27.4 Å². The number of nitrogens with zero attached hydrogens (tertiary/aromatic N) is 6. The molecule has 6 aliphatic carbocycles. The van der Waals surface area contributed by atoms with Gasteiger partial charge in [-0.05, 0) is 245 Å². The zero-order valence-corrected chi connectivity index (χ0v) is 65.5. The van der Waals surface area contributed by atoms with Gasteiger partial charge in [-0.2, -0.15) is 74.3 Å². The molecule has 4 amide bonds. The Balaban J connectivity index is 0.000000125. The number of alkyl halides is 15. The molecule has 34 heteroatoms. The van der Waals surface area contributed by atoms with Crippen LogP contribution < -0.4 is 24.3 Å². The minimum absolute atomic E-state index is 0.0184. The molecule has 12 aliphatic rings. The molecule has 6 fully saturated rings. The summed E-state index contributed by atoms with van der Waals surface area (Å²) in [5.41, 5.74) is 8.30. The van der Waals surface area contributed by atoms with Crippen LogP contribution in [0.25, 0.3) is 9.69 Å². The average Bonchev–Trinajstić information content (AvgIpc) is 1.63. The van der Waals surface area contributed by atoms with Crippen LogP contribution in [0.15, 0.2) is 109 Å². The maximum absolute atomic E-state index is 12.8. The van der Waals surface area contributed by atoms with Crippen molar-refractivity contribution in [3.05, 3.63) is 199 Å². The first kappa shape index (κ1) is 87.0. The van der Waals surface area contributed by atoms with E-state index in [9.17, 15) is 98.6 Å². The Kier molecular flexibility index (Phi) is 25.4. The van der Waals surface area contributed by atoms with E-state index in [1.54, 1.807) is 44.6 Å². The summed E-state index contributed by atoms with van der Waals surface area (Å²) in [5.74, 6) is -5.26. The number of hydrogen-bond donors (Lipinski definition) is 3. The number of carbonyl (C=O) groups is 4. The van der Waals surface area contributed by atoms with E-state index < -0.39 is 93.8 Å². The number of phenols is 1. The largest absolute Gasteiger partial charge is 0.534 e. The summed E-state index contributed by atoms with van der Waals surface area (Å²) in [4.78, 5) is 57.0. The molecule has 18 nitrogen and oxygen atoms in total. The Morgan fingerprint density at radius 2 is 0.664 bits per heavy atom. The number of methoxy groups -OCH3 is 2. The number of amides is 4. The van der Waals surface area contributed by atoms with Crippen molar-refractivity contribution >= 4 is 45.1 Å². The number of hydrogen-bond acceptors (Lipinski definition) is 12. The van der Waals surface area contributed by atoms with Gasteiger partial charge in [0.2, 0.25) is 0 Å². The van der Waals surface area contributed by atoms with E-state index in [4.69, 9.17) is 22.6 Å². The number of aromatic hydroxyl groups is 1. The smallest absolute Gasteiger partial charge is 0.508 e. The molecule has 6 heterocycles. The van der Waals surface area contributed by atoms with Gasteiger partial charge in [-0.15, -0.1) is 0 Å². The van der Waals surface area contributed by atoms with E-state index >= 15 is 0 Å². The van der Waals surface area contributed by atoms with Crippen molar-refractivity contribution in [2.75, 3.05) is 53.5 Å². The number of halogens is 15. The molecule has 6 aromatic rings.